The molecular formula is C15H22N2O. The Morgan fingerprint density at radius 3 is 2.72 bits per heavy atom. The van der Waals surface area contributed by atoms with Gasteiger partial charge in [0.05, 0.1) is 5.56 Å². The maximum atomic E-state index is 11.0. The normalized spacial score (nSPS) is 23.7. The predicted molar refractivity (Wildman–Crippen MR) is 74.1 cm³/mol. The van der Waals surface area contributed by atoms with Crippen molar-refractivity contribution in [2.24, 2.45) is 5.92 Å². The van der Waals surface area contributed by atoms with Crippen molar-refractivity contribution in [1.82, 2.24) is 4.98 Å². The molecule has 1 heterocycles. The van der Waals surface area contributed by atoms with Gasteiger partial charge in [-0.3, -0.25) is 4.79 Å². The smallest absolute Gasteiger partial charge is 0.153 e. The van der Waals surface area contributed by atoms with Gasteiger partial charge in [-0.25, -0.2) is 4.98 Å². The average Bonchev–Trinajstić information content (AvgIpc) is 2.46. The van der Waals surface area contributed by atoms with Crippen molar-refractivity contribution in [3.63, 3.8) is 0 Å². The van der Waals surface area contributed by atoms with Crippen LogP contribution in [0.4, 0.5) is 5.82 Å². The van der Waals surface area contributed by atoms with Crippen molar-refractivity contribution in [2.45, 2.75) is 45.1 Å². The molecule has 1 aliphatic carbocycles. The van der Waals surface area contributed by atoms with Crippen LogP contribution in [0.1, 0.15) is 49.4 Å². The Hall–Kier alpha value is -1.38. The number of aldehydes is 1. The maximum Gasteiger partial charge on any atom is 0.153 e. The van der Waals surface area contributed by atoms with Gasteiger partial charge in [0, 0.05) is 19.3 Å². The van der Waals surface area contributed by atoms with Crippen LogP contribution in [0.25, 0.3) is 0 Å². The first-order valence-corrected chi connectivity index (χ1v) is 6.89. The molecule has 1 fully saturated rings. The first kappa shape index (κ1) is 13.1. The Bertz CT molecular complexity index is 397. The van der Waals surface area contributed by atoms with E-state index in [9.17, 15) is 4.79 Å². The molecule has 2 rings (SSSR count). The molecule has 3 nitrogen and oxygen atoms in total. The predicted octanol–water partition coefficient (Wildman–Crippen LogP) is 3.30. The summed E-state index contributed by atoms with van der Waals surface area (Å²) in [6.07, 6.45) is 8.98. The van der Waals surface area contributed by atoms with Gasteiger partial charge in [-0.2, -0.15) is 0 Å². The number of anilines is 1. The average molecular weight is 246 g/mol. The van der Waals surface area contributed by atoms with Crippen molar-refractivity contribution in [2.75, 3.05) is 11.9 Å². The zero-order chi connectivity index (χ0) is 13.0. The number of pyridine rings is 1. The van der Waals surface area contributed by atoms with E-state index in [1.807, 2.05) is 12.1 Å². The van der Waals surface area contributed by atoms with Crippen LogP contribution in [0, 0.1) is 5.92 Å². The molecular weight excluding hydrogens is 224 g/mol. The number of carbonyl (C=O) groups excluding carboxylic acids is 1. The molecule has 1 aromatic heterocycles. The molecule has 1 saturated carbocycles. The number of aromatic nitrogens is 1. The fourth-order valence-corrected chi connectivity index (χ4v) is 2.91. The molecule has 0 N–H and O–H groups in total. The summed E-state index contributed by atoms with van der Waals surface area (Å²) in [5.74, 6) is 1.72. The molecule has 0 saturated heterocycles. The van der Waals surface area contributed by atoms with Crippen molar-refractivity contribution in [1.29, 1.82) is 0 Å². The summed E-state index contributed by atoms with van der Waals surface area (Å²) in [5.41, 5.74) is 0.692. The van der Waals surface area contributed by atoms with Crippen LogP contribution in [0.3, 0.4) is 0 Å². The Morgan fingerprint density at radius 1 is 1.39 bits per heavy atom. The summed E-state index contributed by atoms with van der Waals surface area (Å²) in [7, 11) is 2.06. The van der Waals surface area contributed by atoms with Gasteiger partial charge in [-0.1, -0.05) is 13.3 Å². The lowest BCUT2D eigenvalue weighted by atomic mass is 9.84. The Balaban J connectivity index is 2.07. The number of carbonyl (C=O) groups is 1. The highest BCUT2D eigenvalue weighted by Gasteiger charge is 2.24. The summed E-state index contributed by atoms with van der Waals surface area (Å²) >= 11 is 0. The van der Waals surface area contributed by atoms with E-state index in [2.05, 4.69) is 23.9 Å². The SMILES string of the molecule is CCC1CCC(N(C)c2ncccc2C=O)CC1. The van der Waals surface area contributed by atoms with E-state index in [1.165, 1.54) is 32.1 Å². The quantitative estimate of drug-likeness (QED) is 0.764. The fraction of sp³-hybridized carbons (Fsp3) is 0.600. The molecule has 0 spiro atoms. The van der Waals surface area contributed by atoms with Gasteiger partial charge < -0.3 is 4.90 Å². The molecule has 18 heavy (non-hydrogen) atoms. The van der Waals surface area contributed by atoms with Crippen LogP contribution < -0.4 is 4.90 Å². The van der Waals surface area contributed by atoms with E-state index in [1.54, 1.807) is 6.20 Å². The highest BCUT2D eigenvalue weighted by Crippen LogP contribution is 2.31. The first-order valence-electron chi connectivity index (χ1n) is 6.89. The third-order valence-corrected chi connectivity index (χ3v) is 4.22. The minimum Gasteiger partial charge on any atom is -0.356 e. The molecule has 98 valence electrons. The zero-order valence-corrected chi connectivity index (χ0v) is 11.3. The lowest BCUT2D eigenvalue weighted by Gasteiger charge is -2.35. The Kier molecular flexibility index (Phi) is 4.34. The molecule has 1 aromatic rings. The van der Waals surface area contributed by atoms with E-state index in [0.717, 1.165) is 18.0 Å². The summed E-state index contributed by atoms with van der Waals surface area (Å²) in [5, 5.41) is 0. The second kappa shape index (κ2) is 5.98. The minimum absolute atomic E-state index is 0.529. The van der Waals surface area contributed by atoms with E-state index in [4.69, 9.17) is 0 Å². The van der Waals surface area contributed by atoms with Crippen LogP contribution in [0.5, 0.6) is 0 Å². The second-order valence-corrected chi connectivity index (χ2v) is 5.23. The van der Waals surface area contributed by atoms with Gasteiger partial charge >= 0.3 is 0 Å². The number of hydrogen-bond donors (Lipinski definition) is 0. The van der Waals surface area contributed by atoms with E-state index < -0.39 is 0 Å². The topological polar surface area (TPSA) is 33.2 Å². The largest absolute Gasteiger partial charge is 0.356 e. The molecule has 0 radical (unpaired) electrons. The van der Waals surface area contributed by atoms with Crippen molar-refractivity contribution in [3.8, 4) is 0 Å². The van der Waals surface area contributed by atoms with E-state index >= 15 is 0 Å². The summed E-state index contributed by atoms with van der Waals surface area (Å²) in [4.78, 5) is 17.6. The molecule has 0 bridgehead atoms. The van der Waals surface area contributed by atoms with Crippen molar-refractivity contribution < 1.29 is 4.79 Å². The third kappa shape index (κ3) is 2.71. The fourth-order valence-electron chi connectivity index (χ4n) is 2.91. The standard InChI is InChI=1S/C15H22N2O/c1-3-12-6-8-14(9-7-12)17(2)15-13(11-18)5-4-10-16-15/h4-5,10-12,14H,3,6-9H2,1-2H3. The highest BCUT2D eigenvalue weighted by molar-refractivity contribution is 5.82. The van der Waals surface area contributed by atoms with Gasteiger partial charge in [-0.05, 0) is 43.7 Å². The van der Waals surface area contributed by atoms with Crippen LogP contribution >= 0.6 is 0 Å². The zero-order valence-electron chi connectivity index (χ0n) is 11.3. The Morgan fingerprint density at radius 2 is 2.11 bits per heavy atom. The summed E-state index contributed by atoms with van der Waals surface area (Å²) in [6, 6.07) is 4.18. The van der Waals surface area contributed by atoms with Gasteiger partial charge in [-0.15, -0.1) is 0 Å². The number of rotatable bonds is 4. The molecule has 0 aliphatic heterocycles. The van der Waals surface area contributed by atoms with Gasteiger partial charge in [0.1, 0.15) is 5.82 Å². The van der Waals surface area contributed by atoms with E-state index in [0.29, 0.717) is 11.6 Å². The molecule has 1 aliphatic rings. The molecule has 0 atom stereocenters. The van der Waals surface area contributed by atoms with Crippen LogP contribution in [-0.2, 0) is 0 Å². The monoisotopic (exact) mass is 246 g/mol. The number of nitrogens with zero attached hydrogens (tertiary/aromatic N) is 2. The van der Waals surface area contributed by atoms with Gasteiger partial charge in [0.2, 0.25) is 0 Å². The maximum absolute atomic E-state index is 11.0. The lowest BCUT2D eigenvalue weighted by Crippen LogP contribution is -2.36. The van der Waals surface area contributed by atoms with Crippen LogP contribution in [-0.4, -0.2) is 24.4 Å². The molecule has 3 heteroatoms. The van der Waals surface area contributed by atoms with Crippen LogP contribution in [0.15, 0.2) is 18.3 Å². The highest BCUT2D eigenvalue weighted by atomic mass is 16.1. The lowest BCUT2D eigenvalue weighted by molar-refractivity contribution is 0.112. The van der Waals surface area contributed by atoms with Gasteiger partial charge in [0.25, 0.3) is 0 Å². The molecule has 0 amide bonds. The summed E-state index contributed by atoms with van der Waals surface area (Å²) in [6.45, 7) is 2.28. The van der Waals surface area contributed by atoms with Crippen molar-refractivity contribution in [3.05, 3.63) is 23.9 Å². The first-order chi connectivity index (χ1) is 8.76. The van der Waals surface area contributed by atoms with Crippen LogP contribution in [0.2, 0.25) is 0 Å². The third-order valence-electron chi connectivity index (χ3n) is 4.22. The summed E-state index contributed by atoms with van der Waals surface area (Å²) < 4.78 is 0. The molecule has 0 aromatic carbocycles. The Labute approximate surface area is 109 Å². The minimum atomic E-state index is 0.529. The van der Waals surface area contributed by atoms with Crippen molar-refractivity contribution >= 4 is 12.1 Å². The number of hydrogen-bond acceptors (Lipinski definition) is 3. The second-order valence-electron chi connectivity index (χ2n) is 5.23. The van der Waals surface area contributed by atoms with E-state index in [-0.39, 0.29) is 0 Å². The van der Waals surface area contributed by atoms with Gasteiger partial charge in [0.15, 0.2) is 6.29 Å². The molecule has 0 unspecified atom stereocenters.